The van der Waals surface area contributed by atoms with Crippen LogP contribution in [0.25, 0.3) is 0 Å². The molecule has 0 spiro atoms. The van der Waals surface area contributed by atoms with Gasteiger partial charge in [-0.1, -0.05) is 20.3 Å². The highest BCUT2D eigenvalue weighted by molar-refractivity contribution is 4.94. The van der Waals surface area contributed by atoms with Crippen LogP contribution in [0.1, 0.15) is 46.5 Å². The Hall–Kier alpha value is -0.160. The summed E-state index contributed by atoms with van der Waals surface area (Å²) in [5.74, 6) is 2.20. The largest absolute Gasteiger partial charge is 0.352 e. The summed E-state index contributed by atoms with van der Waals surface area (Å²) in [5, 5.41) is 9.14. The molecule has 0 aromatic rings. The quantitative estimate of drug-likeness (QED) is 0.587. The standard InChI is InChI=1S/C15H26O4/c1-9-4-5-11-10(2)8-17-14-13(11)12(9)6-7-15(3,18-14)19-16/h9-14,16H,4-8H2,1-3H3. The number of hydrogen-bond acceptors (Lipinski definition) is 4. The zero-order chi connectivity index (χ0) is 13.6. The SMILES string of the molecule is CC1CCC2C(C)COC3OC(C)(OO)CCC1C32. The summed E-state index contributed by atoms with van der Waals surface area (Å²) in [5.41, 5.74) is 0. The molecule has 1 N–H and O–H groups in total. The molecular formula is C15H26O4. The summed E-state index contributed by atoms with van der Waals surface area (Å²) in [6, 6.07) is 0. The van der Waals surface area contributed by atoms with Crippen LogP contribution < -0.4 is 0 Å². The third-order valence-electron chi connectivity index (χ3n) is 5.73. The van der Waals surface area contributed by atoms with E-state index in [1.54, 1.807) is 0 Å². The smallest absolute Gasteiger partial charge is 0.201 e. The molecule has 110 valence electrons. The van der Waals surface area contributed by atoms with Crippen LogP contribution in [0.4, 0.5) is 0 Å². The number of rotatable bonds is 1. The van der Waals surface area contributed by atoms with Gasteiger partial charge in [-0.2, -0.15) is 0 Å². The highest BCUT2D eigenvalue weighted by atomic mass is 17.1. The van der Waals surface area contributed by atoms with Crippen molar-refractivity contribution < 1.29 is 19.6 Å². The predicted molar refractivity (Wildman–Crippen MR) is 70.2 cm³/mol. The highest BCUT2D eigenvalue weighted by Crippen LogP contribution is 2.52. The van der Waals surface area contributed by atoms with E-state index in [1.807, 2.05) is 6.92 Å². The topological polar surface area (TPSA) is 47.9 Å². The van der Waals surface area contributed by atoms with Crippen LogP contribution in [0.15, 0.2) is 0 Å². The van der Waals surface area contributed by atoms with E-state index in [9.17, 15) is 0 Å². The van der Waals surface area contributed by atoms with Gasteiger partial charge in [-0.05, 0) is 43.4 Å². The molecule has 0 bridgehead atoms. The Morgan fingerprint density at radius 3 is 2.58 bits per heavy atom. The van der Waals surface area contributed by atoms with Crippen molar-refractivity contribution in [1.29, 1.82) is 0 Å². The molecule has 1 aliphatic carbocycles. The average Bonchev–Trinajstić information content (AvgIpc) is 2.55. The van der Waals surface area contributed by atoms with Gasteiger partial charge in [0.2, 0.25) is 5.79 Å². The van der Waals surface area contributed by atoms with Crippen LogP contribution in [0.2, 0.25) is 0 Å². The minimum Gasteiger partial charge on any atom is -0.352 e. The molecule has 4 nitrogen and oxygen atoms in total. The zero-order valence-electron chi connectivity index (χ0n) is 12.2. The van der Waals surface area contributed by atoms with Crippen LogP contribution in [-0.2, 0) is 14.4 Å². The Bertz CT molecular complexity index is 334. The molecule has 2 heterocycles. The van der Waals surface area contributed by atoms with Gasteiger partial charge in [0.15, 0.2) is 6.29 Å². The maximum absolute atomic E-state index is 9.14. The molecule has 0 aromatic heterocycles. The van der Waals surface area contributed by atoms with Crippen LogP contribution in [0, 0.1) is 29.6 Å². The van der Waals surface area contributed by atoms with E-state index in [0.29, 0.717) is 29.6 Å². The molecule has 0 radical (unpaired) electrons. The summed E-state index contributed by atoms with van der Waals surface area (Å²) in [7, 11) is 0. The normalized spacial score (nSPS) is 54.3. The van der Waals surface area contributed by atoms with Crippen molar-refractivity contribution in [2.75, 3.05) is 6.61 Å². The van der Waals surface area contributed by atoms with Gasteiger partial charge >= 0.3 is 0 Å². The van der Waals surface area contributed by atoms with Crippen LogP contribution in [0.5, 0.6) is 0 Å². The first-order valence-corrected chi connectivity index (χ1v) is 7.66. The van der Waals surface area contributed by atoms with Gasteiger partial charge in [0.1, 0.15) is 0 Å². The lowest BCUT2D eigenvalue weighted by atomic mass is 9.61. The molecule has 3 aliphatic rings. The van der Waals surface area contributed by atoms with Gasteiger partial charge in [-0.3, -0.25) is 0 Å². The number of hydrogen-bond donors (Lipinski definition) is 1. The van der Waals surface area contributed by atoms with Gasteiger partial charge in [-0.15, -0.1) is 0 Å². The molecule has 7 atom stereocenters. The molecule has 2 aliphatic heterocycles. The molecule has 0 amide bonds. The summed E-state index contributed by atoms with van der Waals surface area (Å²) < 4.78 is 11.9. The molecular weight excluding hydrogens is 244 g/mol. The number of ether oxygens (including phenoxy) is 2. The first-order chi connectivity index (χ1) is 9.04. The zero-order valence-corrected chi connectivity index (χ0v) is 12.2. The van der Waals surface area contributed by atoms with Gasteiger partial charge in [0.05, 0.1) is 6.61 Å². The van der Waals surface area contributed by atoms with Crippen LogP contribution >= 0.6 is 0 Å². The molecule has 3 rings (SSSR count). The Morgan fingerprint density at radius 2 is 1.84 bits per heavy atom. The molecule has 4 heteroatoms. The predicted octanol–water partition coefficient (Wildman–Crippen LogP) is 3.27. The van der Waals surface area contributed by atoms with Crippen molar-refractivity contribution >= 4 is 0 Å². The van der Waals surface area contributed by atoms with Gasteiger partial charge in [-0.25, -0.2) is 10.1 Å². The van der Waals surface area contributed by atoms with E-state index in [2.05, 4.69) is 18.7 Å². The first kappa shape index (κ1) is 13.8. The fraction of sp³-hybridized carbons (Fsp3) is 1.00. The second-order valence-corrected chi connectivity index (χ2v) is 7.02. The monoisotopic (exact) mass is 270 g/mol. The highest BCUT2D eigenvalue weighted by Gasteiger charge is 2.52. The molecule has 0 aromatic carbocycles. The second-order valence-electron chi connectivity index (χ2n) is 7.02. The van der Waals surface area contributed by atoms with Crippen LogP contribution in [0.3, 0.4) is 0 Å². The summed E-state index contributed by atoms with van der Waals surface area (Å²) in [6.45, 7) is 7.21. The van der Waals surface area contributed by atoms with E-state index >= 15 is 0 Å². The molecule has 1 saturated carbocycles. The van der Waals surface area contributed by atoms with Crippen molar-refractivity contribution in [3.63, 3.8) is 0 Å². The summed E-state index contributed by atoms with van der Waals surface area (Å²) >= 11 is 0. The van der Waals surface area contributed by atoms with E-state index in [1.165, 1.54) is 12.8 Å². The fourth-order valence-electron chi connectivity index (χ4n) is 4.50. The maximum Gasteiger partial charge on any atom is 0.201 e. The van der Waals surface area contributed by atoms with Gasteiger partial charge in [0.25, 0.3) is 0 Å². The molecule has 7 unspecified atom stereocenters. The molecule has 2 saturated heterocycles. The van der Waals surface area contributed by atoms with E-state index in [0.717, 1.165) is 19.4 Å². The van der Waals surface area contributed by atoms with Crippen molar-refractivity contribution in [3.05, 3.63) is 0 Å². The minimum absolute atomic E-state index is 0.214. The van der Waals surface area contributed by atoms with Crippen molar-refractivity contribution in [1.82, 2.24) is 0 Å². The Morgan fingerprint density at radius 1 is 1.11 bits per heavy atom. The van der Waals surface area contributed by atoms with Crippen LogP contribution in [-0.4, -0.2) is 23.9 Å². The first-order valence-electron chi connectivity index (χ1n) is 7.66. The third kappa shape index (κ3) is 2.33. The Balaban J connectivity index is 1.89. The van der Waals surface area contributed by atoms with Crippen molar-refractivity contribution in [3.8, 4) is 0 Å². The molecule has 19 heavy (non-hydrogen) atoms. The van der Waals surface area contributed by atoms with Crippen molar-refractivity contribution in [2.24, 2.45) is 29.6 Å². The van der Waals surface area contributed by atoms with Gasteiger partial charge in [0, 0.05) is 12.3 Å². The average molecular weight is 270 g/mol. The third-order valence-corrected chi connectivity index (χ3v) is 5.73. The van der Waals surface area contributed by atoms with E-state index in [-0.39, 0.29) is 6.29 Å². The summed E-state index contributed by atoms with van der Waals surface area (Å²) in [4.78, 5) is 4.62. The molecule has 3 fully saturated rings. The minimum atomic E-state index is -0.910. The van der Waals surface area contributed by atoms with Gasteiger partial charge < -0.3 is 9.47 Å². The Kier molecular flexibility index (Phi) is 3.63. The lowest BCUT2D eigenvalue weighted by Gasteiger charge is -2.49. The maximum atomic E-state index is 9.14. The Labute approximate surface area is 115 Å². The lowest BCUT2D eigenvalue weighted by Crippen LogP contribution is -2.50. The van der Waals surface area contributed by atoms with E-state index < -0.39 is 5.79 Å². The summed E-state index contributed by atoms with van der Waals surface area (Å²) in [6.07, 6.45) is 4.15. The lowest BCUT2D eigenvalue weighted by molar-refractivity contribution is -0.431. The van der Waals surface area contributed by atoms with E-state index in [4.69, 9.17) is 14.7 Å². The fourth-order valence-corrected chi connectivity index (χ4v) is 4.50. The van der Waals surface area contributed by atoms with Crippen molar-refractivity contribution in [2.45, 2.75) is 58.5 Å². The second kappa shape index (κ2) is 4.99.